The quantitative estimate of drug-likeness (QED) is 0.478. The zero-order valence-corrected chi connectivity index (χ0v) is 13.1. The van der Waals surface area contributed by atoms with Gasteiger partial charge in [0, 0.05) is 17.8 Å². The number of carbonyl (C=O) groups is 1. The molecule has 0 radical (unpaired) electrons. The summed E-state index contributed by atoms with van der Waals surface area (Å²) in [6.45, 7) is 0. The number of nitrogens with two attached hydrogens (primary N) is 1. The summed E-state index contributed by atoms with van der Waals surface area (Å²) in [5, 5.41) is 22.6. The van der Waals surface area contributed by atoms with E-state index in [1.807, 2.05) is 0 Å². The maximum absolute atomic E-state index is 12.9. The second kappa shape index (κ2) is 8.86. The van der Waals surface area contributed by atoms with E-state index in [-0.39, 0.29) is 11.4 Å². The van der Waals surface area contributed by atoms with Gasteiger partial charge in [-0.05, 0) is 24.3 Å². The van der Waals surface area contributed by atoms with Crippen LogP contribution in [0.15, 0.2) is 36.4 Å². The third kappa shape index (κ3) is 5.67. The van der Waals surface area contributed by atoms with Gasteiger partial charge in [0.05, 0.1) is 22.6 Å². The Balaban J connectivity index is 0.000000273. The molecule has 0 spiro atoms. The molecule has 3 N–H and O–H groups in total. The maximum Gasteiger partial charge on any atom is 0.411 e. The number of halogens is 2. The van der Waals surface area contributed by atoms with Crippen LogP contribution in [0.2, 0.25) is 0 Å². The standard InChI is InChI=1S/C8H7FN2O4.C6H5FN2O2/c1-15-8(12)10-5-2-3-6(9)7(4-5)11(13)14;7-5-2-1-4(8)3-6(5)9(10)11/h2-4H,1H3,(H,10,12);1-3H,8H2. The fourth-order valence-electron chi connectivity index (χ4n) is 1.57. The van der Waals surface area contributed by atoms with Gasteiger partial charge in [-0.3, -0.25) is 25.5 Å². The molecule has 1 amide bonds. The highest BCUT2D eigenvalue weighted by molar-refractivity contribution is 5.84. The molecule has 0 unspecified atom stereocenters. The molecule has 0 heterocycles. The summed E-state index contributed by atoms with van der Waals surface area (Å²) in [6.07, 6.45) is -0.782. The SMILES string of the molecule is COC(=O)Nc1ccc(F)c([N+](=O)[O-])c1.Nc1ccc(F)c([N+](=O)[O-])c1. The van der Waals surface area contributed by atoms with E-state index >= 15 is 0 Å². The maximum atomic E-state index is 12.9. The van der Waals surface area contributed by atoms with E-state index in [1.165, 1.54) is 12.1 Å². The summed E-state index contributed by atoms with van der Waals surface area (Å²) in [6, 6.07) is 6.21. The first-order chi connectivity index (χ1) is 12.1. The highest BCUT2D eigenvalue weighted by atomic mass is 19.1. The summed E-state index contributed by atoms with van der Waals surface area (Å²) in [5.74, 6) is -1.83. The Morgan fingerprint density at radius 2 is 1.54 bits per heavy atom. The fourth-order valence-corrected chi connectivity index (χ4v) is 1.57. The number of carbonyl (C=O) groups excluding carboxylic acids is 1. The number of nitro benzene ring substituents is 2. The van der Waals surface area contributed by atoms with Crippen LogP contribution < -0.4 is 11.1 Å². The average molecular weight is 370 g/mol. The molecule has 10 nitrogen and oxygen atoms in total. The predicted molar refractivity (Wildman–Crippen MR) is 86.5 cm³/mol. The molecule has 138 valence electrons. The molecule has 0 aromatic heterocycles. The fraction of sp³-hybridized carbons (Fsp3) is 0.0714. The number of anilines is 2. The van der Waals surface area contributed by atoms with Crippen LogP contribution >= 0.6 is 0 Å². The minimum atomic E-state index is -0.963. The van der Waals surface area contributed by atoms with E-state index in [0.717, 1.165) is 31.4 Å². The number of amides is 1. The number of hydrogen-bond acceptors (Lipinski definition) is 7. The lowest BCUT2D eigenvalue weighted by molar-refractivity contribution is -0.387. The molecule has 0 atom stereocenters. The minimum absolute atomic E-state index is 0.0925. The number of benzene rings is 2. The van der Waals surface area contributed by atoms with Gasteiger partial charge in [0.15, 0.2) is 0 Å². The molecule has 0 aliphatic carbocycles. The Morgan fingerprint density at radius 3 is 2.00 bits per heavy atom. The van der Waals surface area contributed by atoms with Crippen molar-refractivity contribution >= 4 is 28.8 Å². The van der Waals surface area contributed by atoms with Gasteiger partial charge in [0.1, 0.15) is 0 Å². The van der Waals surface area contributed by atoms with Gasteiger partial charge >= 0.3 is 17.5 Å². The molecule has 2 aromatic rings. The minimum Gasteiger partial charge on any atom is -0.453 e. The van der Waals surface area contributed by atoms with E-state index in [1.54, 1.807) is 0 Å². The highest BCUT2D eigenvalue weighted by Gasteiger charge is 2.15. The van der Waals surface area contributed by atoms with Crippen molar-refractivity contribution in [2.24, 2.45) is 0 Å². The van der Waals surface area contributed by atoms with E-state index < -0.39 is 38.9 Å². The first-order valence-corrected chi connectivity index (χ1v) is 6.64. The number of nitrogens with zero attached hydrogens (tertiary/aromatic N) is 2. The summed E-state index contributed by atoms with van der Waals surface area (Å²) in [4.78, 5) is 29.5. The molecular weight excluding hydrogens is 358 g/mol. The van der Waals surface area contributed by atoms with Gasteiger partial charge < -0.3 is 10.5 Å². The second-order valence-electron chi connectivity index (χ2n) is 4.51. The lowest BCUT2D eigenvalue weighted by Crippen LogP contribution is -2.11. The number of methoxy groups -OCH3 is 1. The van der Waals surface area contributed by atoms with Gasteiger partial charge in [-0.15, -0.1) is 0 Å². The largest absolute Gasteiger partial charge is 0.453 e. The van der Waals surface area contributed by atoms with Gasteiger partial charge in [-0.25, -0.2) is 4.79 Å². The Labute approximate surface area is 144 Å². The third-order valence-electron chi connectivity index (χ3n) is 2.74. The monoisotopic (exact) mass is 370 g/mol. The van der Waals surface area contributed by atoms with E-state index in [2.05, 4.69) is 10.1 Å². The number of ether oxygens (including phenoxy) is 1. The molecule has 2 aromatic carbocycles. The number of nitro groups is 2. The number of nitrogen functional groups attached to an aromatic ring is 1. The van der Waals surface area contributed by atoms with Crippen LogP contribution in [0.5, 0.6) is 0 Å². The zero-order valence-electron chi connectivity index (χ0n) is 13.1. The van der Waals surface area contributed by atoms with Crippen LogP contribution in [0, 0.1) is 31.9 Å². The van der Waals surface area contributed by atoms with E-state index in [9.17, 15) is 33.8 Å². The van der Waals surface area contributed by atoms with Crippen molar-refractivity contribution in [2.75, 3.05) is 18.2 Å². The van der Waals surface area contributed by atoms with Gasteiger partial charge in [0.25, 0.3) is 0 Å². The molecule has 0 bridgehead atoms. The normalized spacial score (nSPS) is 9.50. The molecule has 0 aliphatic heterocycles. The summed E-state index contributed by atoms with van der Waals surface area (Å²) in [5.41, 5.74) is 4.17. The Morgan fingerprint density at radius 1 is 1.04 bits per heavy atom. The van der Waals surface area contributed by atoms with Crippen molar-refractivity contribution in [3.05, 3.63) is 68.3 Å². The molecule has 0 fully saturated rings. The molecule has 12 heteroatoms. The topological polar surface area (TPSA) is 151 Å². The number of hydrogen-bond donors (Lipinski definition) is 2. The first kappa shape index (κ1) is 20.2. The molecule has 2 rings (SSSR count). The van der Waals surface area contributed by atoms with Crippen molar-refractivity contribution in [1.82, 2.24) is 0 Å². The Hall–Kier alpha value is -3.83. The number of rotatable bonds is 3. The first-order valence-electron chi connectivity index (χ1n) is 6.64. The van der Waals surface area contributed by atoms with E-state index in [4.69, 9.17) is 5.73 Å². The van der Waals surface area contributed by atoms with Crippen molar-refractivity contribution in [3.63, 3.8) is 0 Å². The molecule has 0 aliphatic rings. The highest BCUT2D eigenvalue weighted by Crippen LogP contribution is 2.21. The van der Waals surface area contributed by atoms with Gasteiger partial charge in [-0.2, -0.15) is 8.78 Å². The van der Waals surface area contributed by atoms with Crippen LogP contribution in [0.25, 0.3) is 0 Å². The average Bonchev–Trinajstić information content (AvgIpc) is 2.58. The Kier molecular flexibility index (Phi) is 6.89. The summed E-state index contributed by atoms with van der Waals surface area (Å²) in [7, 11) is 1.15. The van der Waals surface area contributed by atoms with Crippen LogP contribution in [-0.2, 0) is 4.74 Å². The Bertz CT molecular complexity index is 846. The molecular formula is C14H12F2N4O6. The van der Waals surface area contributed by atoms with Crippen LogP contribution in [0.1, 0.15) is 0 Å². The van der Waals surface area contributed by atoms with Crippen molar-refractivity contribution < 1.29 is 28.2 Å². The van der Waals surface area contributed by atoms with Crippen molar-refractivity contribution in [1.29, 1.82) is 0 Å². The third-order valence-corrected chi connectivity index (χ3v) is 2.74. The molecule has 0 saturated heterocycles. The van der Waals surface area contributed by atoms with Crippen LogP contribution in [0.3, 0.4) is 0 Å². The van der Waals surface area contributed by atoms with Gasteiger partial charge in [-0.1, -0.05) is 0 Å². The summed E-state index contributed by atoms with van der Waals surface area (Å²) < 4.78 is 29.6. The van der Waals surface area contributed by atoms with E-state index in [0.29, 0.717) is 0 Å². The second-order valence-corrected chi connectivity index (χ2v) is 4.51. The molecule has 26 heavy (non-hydrogen) atoms. The smallest absolute Gasteiger partial charge is 0.411 e. The van der Waals surface area contributed by atoms with Crippen molar-refractivity contribution in [3.8, 4) is 0 Å². The number of nitrogens with one attached hydrogen (secondary N) is 1. The van der Waals surface area contributed by atoms with Crippen LogP contribution in [0.4, 0.5) is 36.3 Å². The molecule has 0 saturated carbocycles. The predicted octanol–water partition coefficient (Wildman–Crippen LogP) is 3.23. The van der Waals surface area contributed by atoms with Gasteiger partial charge in [0.2, 0.25) is 11.6 Å². The lowest BCUT2D eigenvalue weighted by Gasteiger charge is -2.03. The lowest BCUT2D eigenvalue weighted by atomic mass is 10.2. The zero-order chi connectivity index (χ0) is 19.9. The van der Waals surface area contributed by atoms with Crippen molar-refractivity contribution in [2.45, 2.75) is 0 Å². The summed E-state index contributed by atoms with van der Waals surface area (Å²) >= 11 is 0. The van der Waals surface area contributed by atoms with Crippen LogP contribution in [-0.4, -0.2) is 23.0 Å².